The molecule has 2 heterocycles. The number of hydrogen-bond donors (Lipinski definition) is 0. The van der Waals surface area contributed by atoms with Crippen LogP contribution in [0.25, 0.3) is 81.7 Å². The van der Waals surface area contributed by atoms with Gasteiger partial charge >= 0.3 is 0 Å². The van der Waals surface area contributed by atoms with Crippen molar-refractivity contribution in [3.05, 3.63) is 163 Å². The van der Waals surface area contributed by atoms with Crippen molar-refractivity contribution < 1.29 is 0 Å². The molecule has 0 saturated carbocycles. The van der Waals surface area contributed by atoms with Crippen LogP contribution in [-0.2, 0) is 0 Å². The number of rotatable bonds is 3. The van der Waals surface area contributed by atoms with E-state index in [2.05, 4.69) is 123 Å². The van der Waals surface area contributed by atoms with Crippen LogP contribution in [0.4, 0.5) is 5.69 Å². The molecule has 0 aliphatic carbocycles. The molecule has 46 heavy (non-hydrogen) atoms. The number of nitrogens with zero attached hydrogens (tertiary/aromatic N) is 4. The Bertz CT molecular complexity index is 2680. The van der Waals surface area contributed by atoms with Crippen molar-refractivity contribution in [3.8, 4) is 28.6 Å². The topological polar surface area (TPSA) is 38.0 Å². The lowest BCUT2D eigenvalue weighted by atomic mass is 10.0. The van der Waals surface area contributed by atoms with Gasteiger partial charge in [0.05, 0.1) is 39.9 Å². The maximum Gasteiger partial charge on any atom is 0.214 e. The number of fused-ring (bicyclic) bond motifs is 8. The average Bonchev–Trinajstić information content (AvgIpc) is 3.64. The molecule has 4 heteroatoms. The van der Waals surface area contributed by atoms with E-state index in [1.54, 1.807) is 0 Å². The summed E-state index contributed by atoms with van der Waals surface area (Å²) in [6, 6.07) is 52.5. The van der Waals surface area contributed by atoms with Crippen LogP contribution in [0.3, 0.4) is 0 Å². The first kappa shape index (κ1) is 25.8. The fourth-order valence-electron chi connectivity index (χ4n) is 7.18. The molecular weight excluding hydrogens is 560 g/mol. The lowest BCUT2D eigenvalue weighted by Gasteiger charge is -2.16. The zero-order valence-electron chi connectivity index (χ0n) is 24.6. The minimum atomic E-state index is 0.428. The van der Waals surface area contributed by atoms with Gasteiger partial charge in [0.15, 0.2) is 0 Å². The SMILES string of the molecule is [C-]#[N+]c1cc(-n2c3ccc(-c4ccccc4)cc3c3c4ccccc4ccc32)cc(C#N)c1-n1c2ccccc2c2ccccc21. The highest BCUT2D eigenvalue weighted by molar-refractivity contribution is 6.22. The van der Waals surface area contributed by atoms with E-state index >= 15 is 0 Å². The zero-order chi connectivity index (χ0) is 30.8. The summed E-state index contributed by atoms with van der Waals surface area (Å²) in [5.74, 6) is 0. The van der Waals surface area contributed by atoms with Gasteiger partial charge in [-0.1, -0.05) is 103 Å². The molecule has 7 aromatic carbocycles. The van der Waals surface area contributed by atoms with Gasteiger partial charge < -0.3 is 9.13 Å². The smallest absolute Gasteiger partial charge is 0.214 e. The normalized spacial score (nSPS) is 11.4. The second-order valence-corrected chi connectivity index (χ2v) is 11.6. The number of benzene rings is 7. The van der Waals surface area contributed by atoms with E-state index in [0.717, 1.165) is 60.4 Å². The Morgan fingerprint density at radius 2 is 1.15 bits per heavy atom. The van der Waals surface area contributed by atoms with E-state index in [0.29, 0.717) is 16.9 Å². The summed E-state index contributed by atoms with van der Waals surface area (Å²) in [5.41, 5.74) is 8.56. The third kappa shape index (κ3) is 3.65. The molecule has 9 rings (SSSR count). The van der Waals surface area contributed by atoms with E-state index in [-0.39, 0.29) is 0 Å². The Balaban J connectivity index is 1.37. The Labute approximate surface area is 265 Å². The highest BCUT2D eigenvalue weighted by Crippen LogP contribution is 2.42. The molecule has 212 valence electrons. The van der Waals surface area contributed by atoms with Gasteiger partial charge in [0.2, 0.25) is 5.69 Å². The number of para-hydroxylation sites is 2. The van der Waals surface area contributed by atoms with Crippen LogP contribution in [-0.4, -0.2) is 9.13 Å². The van der Waals surface area contributed by atoms with Gasteiger partial charge in [0, 0.05) is 27.2 Å². The van der Waals surface area contributed by atoms with Crippen LogP contribution in [0.5, 0.6) is 0 Å². The summed E-state index contributed by atoms with van der Waals surface area (Å²) in [6.07, 6.45) is 0. The van der Waals surface area contributed by atoms with E-state index in [9.17, 15) is 5.26 Å². The predicted molar refractivity (Wildman–Crippen MR) is 189 cm³/mol. The molecule has 2 aromatic heterocycles. The third-order valence-corrected chi connectivity index (χ3v) is 9.14. The first-order valence-corrected chi connectivity index (χ1v) is 15.2. The summed E-state index contributed by atoms with van der Waals surface area (Å²) in [4.78, 5) is 4.05. The molecule has 0 spiro atoms. The number of aromatic nitrogens is 2. The molecule has 4 nitrogen and oxygen atoms in total. The number of nitriles is 1. The summed E-state index contributed by atoms with van der Waals surface area (Å²) >= 11 is 0. The maximum absolute atomic E-state index is 10.7. The maximum atomic E-state index is 10.7. The van der Waals surface area contributed by atoms with Crippen LogP contribution in [0.2, 0.25) is 0 Å². The third-order valence-electron chi connectivity index (χ3n) is 9.14. The van der Waals surface area contributed by atoms with Gasteiger partial charge in [-0.2, -0.15) is 5.26 Å². The lowest BCUT2D eigenvalue weighted by Crippen LogP contribution is -2.01. The zero-order valence-corrected chi connectivity index (χ0v) is 24.6. The first-order chi connectivity index (χ1) is 22.7. The molecule has 0 amide bonds. The Kier molecular flexibility index (Phi) is 5.59. The van der Waals surface area contributed by atoms with Crippen LogP contribution >= 0.6 is 0 Å². The molecule has 0 aliphatic rings. The predicted octanol–water partition coefficient (Wildman–Crippen LogP) is 11.1. The van der Waals surface area contributed by atoms with Crippen LogP contribution in [0.1, 0.15) is 5.56 Å². The standard InChI is InChI=1S/C42H24N4/c1-44-36-25-31(23-30(26-43)42(36)46-37-17-9-7-15-33(37)34-16-8-10-18-38(34)46)45-39-21-20-29(27-11-3-2-4-12-27)24-35(39)41-32-14-6-5-13-28(32)19-22-40(41)45/h2-25H. The molecule has 0 bridgehead atoms. The van der Waals surface area contributed by atoms with Crippen LogP contribution in [0, 0.1) is 17.9 Å². The van der Waals surface area contributed by atoms with Crippen molar-refractivity contribution in [2.75, 3.05) is 0 Å². The van der Waals surface area contributed by atoms with Gasteiger partial charge in [0.1, 0.15) is 6.07 Å². The average molecular weight is 585 g/mol. The fraction of sp³-hybridized carbons (Fsp3) is 0. The Hall–Kier alpha value is -6.62. The minimum Gasteiger partial charge on any atom is -0.318 e. The molecule has 0 atom stereocenters. The van der Waals surface area contributed by atoms with Crippen molar-refractivity contribution in [2.24, 2.45) is 0 Å². The van der Waals surface area contributed by atoms with Gasteiger partial charge in [0.25, 0.3) is 0 Å². The molecule has 0 radical (unpaired) electrons. The molecule has 0 aliphatic heterocycles. The van der Waals surface area contributed by atoms with Crippen LogP contribution in [0.15, 0.2) is 146 Å². The Morgan fingerprint density at radius 1 is 0.522 bits per heavy atom. The number of hydrogen-bond acceptors (Lipinski definition) is 1. The van der Waals surface area contributed by atoms with Gasteiger partial charge in [-0.15, -0.1) is 0 Å². The van der Waals surface area contributed by atoms with Crippen LogP contribution < -0.4 is 0 Å². The van der Waals surface area contributed by atoms with E-state index in [4.69, 9.17) is 6.57 Å². The lowest BCUT2D eigenvalue weighted by molar-refractivity contribution is 1.14. The summed E-state index contributed by atoms with van der Waals surface area (Å²) < 4.78 is 4.28. The molecule has 9 aromatic rings. The largest absolute Gasteiger partial charge is 0.318 e. The van der Waals surface area contributed by atoms with E-state index in [1.807, 2.05) is 42.5 Å². The quantitative estimate of drug-likeness (QED) is 0.190. The van der Waals surface area contributed by atoms with Crippen molar-refractivity contribution in [1.82, 2.24) is 9.13 Å². The minimum absolute atomic E-state index is 0.428. The van der Waals surface area contributed by atoms with Gasteiger partial charge in [-0.05, 0) is 64.4 Å². The Morgan fingerprint density at radius 3 is 1.87 bits per heavy atom. The highest BCUT2D eigenvalue weighted by Gasteiger charge is 2.22. The van der Waals surface area contributed by atoms with E-state index in [1.165, 1.54) is 10.8 Å². The molecule has 0 N–H and O–H groups in total. The molecule has 0 fully saturated rings. The summed E-state index contributed by atoms with van der Waals surface area (Å²) in [5, 5.41) is 17.5. The highest BCUT2D eigenvalue weighted by atomic mass is 15.0. The summed E-state index contributed by atoms with van der Waals surface area (Å²) in [6.45, 7) is 8.35. The van der Waals surface area contributed by atoms with E-state index < -0.39 is 0 Å². The monoisotopic (exact) mass is 584 g/mol. The van der Waals surface area contributed by atoms with Crippen molar-refractivity contribution in [2.45, 2.75) is 0 Å². The molecule has 0 unspecified atom stereocenters. The van der Waals surface area contributed by atoms with Gasteiger partial charge in [-0.3, -0.25) is 0 Å². The first-order valence-electron chi connectivity index (χ1n) is 15.2. The van der Waals surface area contributed by atoms with Crippen molar-refractivity contribution in [3.63, 3.8) is 0 Å². The fourth-order valence-corrected chi connectivity index (χ4v) is 7.18. The second kappa shape index (κ2) is 9.96. The molecular formula is C42H24N4. The second-order valence-electron chi connectivity index (χ2n) is 11.6. The summed E-state index contributed by atoms with van der Waals surface area (Å²) in [7, 11) is 0. The van der Waals surface area contributed by atoms with Gasteiger partial charge in [-0.25, -0.2) is 4.85 Å². The van der Waals surface area contributed by atoms with Crippen molar-refractivity contribution >= 4 is 60.1 Å². The molecule has 0 saturated heterocycles. The van der Waals surface area contributed by atoms with Crippen molar-refractivity contribution in [1.29, 1.82) is 5.26 Å².